The minimum absolute atomic E-state index is 0.306. The minimum Gasteiger partial charge on any atom is -0.396 e. The molecule has 0 bridgehead atoms. The van der Waals surface area contributed by atoms with Crippen molar-refractivity contribution in [2.75, 3.05) is 6.61 Å². The second-order valence-corrected chi connectivity index (χ2v) is 25.6. The fraction of sp³-hybridized carbons (Fsp3) is 0.875. The quantitative estimate of drug-likeness (QED) is 0.663. The minimum atomic E-state index is -1.55. The Morgan fingerprint density at radius 3 is 1.35 bits per heavy atom. The van der Waals surface area contributed by atoms with Gasteiger partial charge in [0.05, 0.1) is 24.2 Å². The van der Waals surface area contributed by atoms with E-state index in [2.05, 4.69) is 73.1 Å². The summed E-state index contributed by atoms with van der Waals surface area (Å²) in [7, 11) is -4.24. The highest BCUT2D eigenvalue weighted by molar-refractivity contribution is 7.07. The number of aliphatic hydroxyl groups excluding tert-OH is 1. The predicted octanol–water partition coefficient (Wildman–Crippen LogP) is 5.47. The smallest absolute Gasteiger partial charge is 0.0798 e. The molecule has 0 unspecified atom stereocenters. The average Bonchev–Trinajstić information content (AvgIpc) is 2.10. The van der Waals surface area contributed by atoms with Gasteiger partial charge in [-0.15, -0.1) is 0 Å². The average molecular weight is 331 g/mol. The van der Waals surface area contributed by atoms with Crippen molar-refractivity contribution >= 4 is 24.2 Å². The molecule has 0 aliphatic heterocycles. The Kier molecular flexibility index (Phi) is 6.34. The van der Waals surface area contributed by atoms with Crippen molar-refractivity contribution < 1.29 is 5.11 Å². The van der Waals surface area contributed by atoms with Gasteiger partial charge < -0.3 is 5.11 Å². The molecule has 0 saturated heterocycles. The maximum Gasteiger partial charge on any atom is 0.0798 e. The van der Waals surface area contributed by atoms with Gasteiger partial charge in [0.15, 0.2) is 0 Å². The van der Waals surface area contributed by atoms with Crippen molar-refractivity contribution in [3.8, 4) is 0 Å². The highest BCUT2D eigenvalue weighted by atomic mass is 28.4. The summed E-state index contributed by atoms with van der Waals surface area (Å²) in [5, 5.41) is 11.7. The molecule has 0 aromatic heterocycles. The lowest BCUT2D eigenvalue weighted by atomic mass is 10.2. The van der Waals surface area contributed by atoms with Gasteiger partial charge in [-0.05, 0) is 11.5 Å². The SMILES string of the molecule is CC(C)(C)[Si](C)(C)C(CCO)=C([Si](C)(C)C)[Si](C)(C)C. The first-order chi connectivity index (χ1) is 8.56. The summed E-state index contributed by atoms with van der Waals surface area (Å²) in [6.45, 7) is 27.5. The molecular formula is C16H38OSi3. The molecule has 0 fully saturated rings. The second kappa shape index (κ2) is 6.23. The molecule has 0 rings (SSSR count). The van der Waals surface area contributed by atoms with E-state index in [9.17, 15) is 5.11 Å². The molecule has 0 aliphatic rings. The second-order valence-electron chi connectivity index (χ2n) is 9.70. The van der Waals surface area contributed by atoms with Gasteiger partial charge in [-0.1, -0.05) is 83.2 Å². The largest absolute Gasteiger partial charge is 0.396 e. The molecule has 0 amide bonds. The van der Waals surface area contributed by atoms with Crippen LogP contribution < -0.4 is 0 Å². The van der Waals surface area contributed by atoms with Crippen LogP contribution in [-0.4, -0.2) is 35.9 Å². The Bertz CT molecular complexity index is 347. The van der Waals surface area contributed by atoms with E-state index in [1.807, 2.05) is 4.82 Å². The van der Waals surface area contributed by atoms with Crippen LogP contribution in [0.5, 0.6) is 0 Å². The molecule has 0 radical (unpaired) electrons. The van der Waals surface area contributed by atoms with E-state index >= 15 is 0 Å². The molecule has 0 heterocycles. The highest BCUT2D eigenvalue weighted by Gasteiger charge is 2.43. The first-order valence-corrected chi connectivity index (χ1v) is 17.9. The van der Waals surface area contributed by atoms with Crippen LogP contribution >= 0.6 is 0 Å². The lowest BCUT2D eigenvalue weighted by molar-refractivity contribution is 0.300. The number of hydrogen-bond acceptors (Lipinski definition) is 1. The summed E-state index contributed by atoms with van der Waals surface area (Å²) >= 11 is 0. The molecule has 0 atom stereocenters. The molecule has 20 heavy (non-hydrogen) atoms. The van der Waals surface area contributed by atoms with E-state index in [-0.39, 0.29) is 0 Å². The fourth-order valence-corrected chi connectivity index (χ4v) is 20.8. The van der Waals surface area contributed by atoms with Gasteiger partial charge in [-0.25, -0.2) is 0 Å². The molecular weight excluding hydrogens is 292 g/mol. The number of rotatable bonds is 5. The van der Waals surface area contributed by atoms with Crippen LogP contribution in [0, 0.1) is 0 Å². The van der Waals surface area contributed by atoms with Gasteiger partial charge in [0, 0.05) is 6.61 Å². The van der Waals surface area contributed by atoms with Crippen LogP contribution in [0.3, 0.4) is 0 Å². The van der Waals surface area contributed by atoms with Crippen LogP contribution in [0.2, 0.25) is 57.4 Å². The van der Waals surface area contributed by atoms with Gasteiger partial charge in [0.25, 0.3) is 0 Å². The number of aliphatic hydroxyl groups is 1. The summed E-state index contributed by atoms with van der Waals surface area (Å²) < 4.78 is 0. The summed E-state index contributed by atoms with van der Waals surface area (Å²) in [6, 6.07) is 0. The maximum absolute atomic E-state index is 9.67. The predicted molar refractivity (Wildman–Crippen MR) is 103 cm³/mol. The van der Waals surface area contributed by atoms with E-state index in [0.717, 1.165) is 6.42 Å². The third-order valence-corrected chi connectivity index (χ3v) is 19.2. The van der Waals surface area contributed by atoms with Crippen LogP contribution in [0.1, 0.15) is 27.2 Å². The van der Waals surface area contributed by atoms with Gasteiger partial charge in [-0.3, -0.25) is 0 Å². The van der Waals surface area contributed by atoms with Gasteiger partial charge in [-0.2, -0.15) is 0 Å². The molecule has 1 N–H and O–H groups in total. The molecule has 0 aromatic carbocycles. The first-order valence-electron chi connectivity index (χ1n) is 7.92. The van der Waals surface area contributed by atoms with Crippen LogP contribution in [0.15, 0.2) is 10.0 Å². The van der Waals surface area contributed by atoms with Gasteiger partial charge in [0.2, 0.25) is 0 Å². The standard InChI is InChI=1S/C16H38OSi3/c1-16(2,3)20(10,11)14(12-13-17)15(18(4,5)6)19(7,8)9/h17H,12-13H2,1-11H3. The molecule has 0 aromatic rings. The van der Waals surface area contributed by atoms with Gasteiger partial charge >= 0.3 is 0 Å². The van der Waals surface area contributed by atoms with Crippen LogP contribution in [-0.2, 0) is 0 Å². The summed E-state index contributed by atoms with van der Waals surface area (Å²) in [4.78, 5) is 1.84. The normalized spacial score (nSPS) is 14.4. The van der Waals surface area contributed by atoms with Crippen molar-refractivity contribution in [2.24, 2.45) is 0 Å². The van der Waals surface area contributed by atoms with Gasteiger partial charge in [0.1, 0.15) is 0 Å². The van der Waals surface area contributed by atoms with E-state index < -0.39 is 24.2 Å². The number of hydrogen-bond donors (Lipinski definition) is 1. The van der Waals surface area contributed by atoms with Crippen molar-refractivity contribution in [3.63, 3.8) is 0 Å². The molecule has 1 nitrogen and oxygen atoms in total. The zero-order chi connectivity index (χ0) is 16.6. The highest BCUT2D eigenvalue weighted by Crippen LogP contribution is 2.45. The molecule has 0 spiro atoms. The molecule has 0 saturated carbocycles. The maximum atomic E-state index is 9.67. The third kappa shape index (κ3) is 4.68. The fourth-order valence-electron chi connectivity index (χ4n) is 3.34. The van der Waals surface area contributed by atoms with Crippen molar-refractivity contribution in [1.29, 1.82) is 0 Å². The summed E-state index contributed by atoms with van der Waals surface area (Å²) in [5.74, 6) is 0. The third-order valence-electron chi connectivity index (χ3n) is 4.79. The monoisotopic (exact) mass is 330 g/mol. The topological polar surface area (TPSA) is 20.2 Å². The van der Waals surface area contributed by atoms with E-state index in [1.54, 1.807) is 5.20 Å². The van der Waals surface area contributed by atoms with E-state index in [1.165, 1.54) is 0 Å². The first kappa shape index (κ1) is 20.4. The van der Waals surface area contributed by atoms with Crippen LogP contribution in [0.25, 0.3) is 0 Å². The van der Waals surface area contributed by atoms with Crippen molar-refractivity contribution in [1.82, 2.24) is 0 Å². The Morgan fingerprint density at radius 2 is 1.15 bits per heavy atom. The summed E-state index contributed by atoms with van der Waals surface area (Å²) in [5.41, 5.74) is 0. The van der Waals surface area contributed by atoms with E-state index in [4.69, 9.17) is 0 Å². The summed E-state index contributed by atoms with van der Waals surface area (Å²) in [6.07, 6.45) is 0.903. The lowest BCUT2D eigenvalue weighted by Gasteiger charge is -2.45. The molecule has 0 aliphatic carbocycles. The van der Waals surface area contributed by atoms with Crippen molar-refractivity contribution in [2.45, 2.75) is 84.6 Å². The van der Waals surface area contributed by atoms with Crippen molar-refractivity contribution in [3.05, 3.63) is 10.0 Å². The van der Waals surface area contributed by atoms with Crippen LogP contribution in [0.4, 0.5) is 0 Å². The lowest BCUT2D eigenvalue weighted by Crippen LogP contribution is -2.49. The Balaban J connectivity index is 6.41. The molecule has 120 valence electrons. The van der Waals surface area contributed by atoms with E-state index in [0.29, 0.717) is 11.6 Å². The Labute approximate surface area is 130 Å². The molecule has 4 heteroatoms. The Morgan fingerprint density at radius 1 is 0.800 bits per heavy atom. The Hall–Kier alpha value is 0.351. The zero-order valence-electron chi connectivity index (χ0n) is 15.9. The zero-order valence-corrected chi connectivity index (χ0v) is 18.9.